The third-order valence-electron chi connectivity index (χ3n) is 7.17. The van der Waals surface area contributed by atoms with E-state index in [9.17, 15) is 28.9 Å². The lowest BCUT2D eigenvalue weighted by atomic mass is 10.0. The first-order valence-corrected chi connectivity index (χ1v) is 11.2. The summed E-state index contributed by atoms with van der Waals surface area (Å²) >= 11 is 0. The first-order chi connectivity index (χ1) is 16.8. The van der Waals surface area contributed by atoms with Gasteiger partial charge in [0.05, 0.1) is 34.5 Å². The molecular formula is C25H19FN4O5. The Morgan fingerprint density at radius 1 is 1.03 bits per heavy atom. The van der Waals surface area contributed by atoms with Gasteiger partial charge in [-0.05, 0) is 36.2 Å². The summed E-state index contributed by atoms with van der Waals surface area (Å²) in [5.41, 5.74) is 0.851. The van der Waals surface area contributed by atoms with Crippen LogP contribution in [0.15, 0.2) is 60.7 Å². The van der Waals surface area contributed by atoms with Crippen molar-refractivity contribution in [1.82, 2.24) is 9.80 Å². The average Bonchev–Trinajstić information content (AvgIpc) is 3.51. The van der Waals surface area contributed by atoms with Crippen LogP contribution in [0, 0.1) is 15.9 Å². The van der Waals surface area contributed by atoms with Crippen LogP contribution in [0.25, 0.3) is 10.8 Å². The second kappa shape index (κ2) is 7.59. The first-order valence-electron chi connectivity index (χ1n) is 11.2. The topological polar surface area (TPSA) is 104 Å². The summed E-state index contributed by atoms with van der Waals surface area (Å²) < 4.78 is 13.2. The summed E-state index contributed by atoms with van der Waals surface area (Å²) in [4.78, 5) is 55.3. The Morgan fingerprint density at radius 3 is 2.46 bits per heavy atom. The van der Waals surface area contributed by atoms with E-state index in [-0.39, 0.29) is 29.9 Å². The van der Waals surface area contributed by atoms with Crippen LogP contribution in [0.2, 0.25) is 0 Å². The normalized spacial score (nSPS) is 22.9. The minimum Gasteiger partial charge on any atom is -0.335 e. The van der Waals surface area contributed by atoms with Crippen molar-refractivity contribution in [3.8, 4) is 0 Å². The van der Waals surface area contributed by atoms with Gasteiger partial charge in [0.25, 0.3) is 11.6 Å². The second-order valence-corrected chi connectivity index (χ2v) is 9.02. The smallest absolute Gasteiger partial charge is 0.332 e. The Hall–Kier alpha value is -4.34. The number of urea groups is 1. The number of carbonyl (C=O) groups is 3. The van der Waals surface area contributed by atoms with Gasteiger partial charge in [-0.15, -0.1) is 0 Å². The lowest BCUT2D eigenvalue weighted by Crippen LogP contribution is -2.55. The Kier molecular flexibility index (Phi) is 4.60. The number of piperazine rings is 1. The fourth-order valence-corrected chi connectivity index (χ4v) is 5.67. The van der Waals surface area contributed by atoms with Crippen molar-refractivity contribution >= 4 is 40.0 Å². The van der Waals surface area contributed by atoms with E-state index < -0.39 is 28.9 Å². The largest absolute Gasteiger partial charge is 0.335 e. The van der Waals surface area contributed by atoms with Crippen LogP contribution in [0.3, 0.4) is 0 Å². The molecule has 176 valence electrons. The van der Waals surface area contributed by atoms with Gasteiger partial charge in [0.15, 0.2) is 0 Å². The van der Waals surface area contributed by atoms with Crippen molar-refractivity contribution in [3.63, 3.8) is 0 Å². The van der Waals surface area contributed by atoms with E-state index in [1.165, 1.54) is 24.3 Å². The van der Waals surface area contributed by atoms with Crippen LogP contribution in [0.1, 0.15) is 12.0 Å². The summed E-state index contributed by atoms with van der Waals surface area (Å²) in [6.45, 7) is 0.328. The Balaban J connectivity index is 1.31. The number of amides is 4. The van der Waals surface area contributed by atoms with E-state index in [0.717, 1.165) is 4.90 Å². The quantitative estimate of drug-likeness (QED) is 0.328. The molecule has 3 aliphatic rings. The number of hydrogen-bond acceptors (Lipinski definition) is 5. The van der Waals surface area contributed by atoms with Gasteiger partial charge < -0.3 is 9.80 Å². The molecule has 3 fully saturated rings. The van der Waals surface area contributed by atoms with Crippen molar-refractivity contribution in [3.05, 3.63) is 82.2 Å². The predicted molar refractivity (Wildman–Crippen MR) is 123 cm³/mol. The number of carbonyl (C=O) groups excluding carboxylic acids is 3. The molecule has 0 aromatic heterocycles. The van der Waals surface area contributed by atoms with Crippen LogP contribution in [0.4, 0.5) is 20.6 Å². The molecule has 9 nitrogen and oxygen atoms in total. The van der Waals surface area contributed by atoms with Gasteiger partial charge in [0, 0.05) is 18.0 Å². The van der Waals surface area contributed by atoms with Crippen LogP contribution < -0.4 is 4.90 Å². The number of halogens is 1. The molecule has 0 radical (unpaired) electrons. The predicted octanol–water partition coefficient (Wildman–Crippen LogP) is 3.25. The number of nitrogens with zero attached hydrogens (tertiary/aromatic N) is 4. The van der Waals surface area contributed by atoms with E-state index in [0.29, 0.717) is 35.0 Å². The monoisotopic (exact) mass is 474 g/mol. The third-order valence-corrected chi connectivity index (χ3v) is 7.17. The van der Waals surface area contributed by atoms with Crippen LogP contribution in [0.5, 0.6) is 0 Å². The molecule has 3 unspecified atom stereocenters. The lowest BCUT2D eigenvalue weighted by molar-refractivity contribution is -0.383. The van der Waals surface area contributed by atoms with Gasteiger partial charge in [0.2, 0.25) is 5.91 Å². The van der Waals surface area contributed by atoms with E-state index in [1.807, 2.05) is 0 Å². The minimum atomic E-state index is -0.799. The molecule has 4 amide bonds. The van der Waals surface area contributed by atoms with Crippen molar-refractivity contribution in [2.75, 3.05) is 11.4 Å². The van der Waals surface area contributed by atoms with Crippen LogP contribution >= 0.6 is 0 Å². The number of fused-ring (bicyclic) bond motifs is 6. The second-order valence-electron chi connectivity index (χ2n) is 9.02. The number of benzene rings is 3. The fourth-order valence-electron chi connectivity index (χ4n) is 5.67. The zero-order valence-corrected chi connectivity index (χ0v) is 18.3. The van der Waals surface area contributed by atoms with Crippen LogP contribution in [-0.4, -0.2) is 57.2 Å². The van der Waals surface area contributed by atoms with Crippen molar-refractivity contribution in [1.29, 1.82) is 0 Å². The van der Waals surface area contributed by atoms with Gasteiger partial charge in [-0.25, -0.2) is 14.1 Å². The highest BCUT2D eigenvalue weighted by molar-refractivity contribution is 6.25. The molecule has 3 aliphatic heterocycles. The minimum absolute atomic E-state index is 0.0784. The summed E-state index contributed by atoms with van der Waals surface area (Å²) in [5.74, 6) is -1.00. The maximum absolute atomic E-state index is 13.6. The fraction of sp³-hybridized carbons (Fsp3) is 0.240. The third kappa shape index (κ3) is 3.09. The molecule has 3 saturated heterocycles. The number of nitro benzene ring substituents is 1. The summed E-state index contributed by atoms with van der Waals surface area (Å²) in [6.07, 6.45) is 0.598. The van der Waals surface area contributed by atoms with Crippen molar-refractivity contribution < 1.29 is 23.7 Å². The number of likely N-dealkylation sites (tertiary alicyclic amines) is 1. The summed E-state index contributed by atoms with van der Waals surface area (Å²) in [6, 6.07) is 13.0. The highest BCUT2D eigenvalue weighted by atomic mass is 19.1. The molecular weight excluding hydrogens is 455 g/mol. The Morgan fingerprint density at radius 2 is 1.74 bits per heavy atom. The number of non-ortho nitro benzene ring substituents is 1. The molecule has 0 aliphatic carbocycles. The molecule has 10 heteroatoms. The number of hydrogen-bond donors (Lipinski definition) is 0. The molecule has 0 spiro atoms. The van der Waals surface area contributed by atoms with E-state index in [4.69, 9.17) is 0 Å². The average molecular weight is 474 g/mol. The van der Waals surface area contributed by atoms with Crippen molar-refractivity contribution in [2.45, 2.75) is 31.0 Å². The molecule has 0 saturated carbocycles. The van der Waals surface area contributed by atoms with Crippen molar-refractivity contribution in [2.24, 2.45) is 0 Å². The van der Waals surface area contributed by atoms with Gasteiger partial charge in [0.1, 0.15) is 11.9 Å². The molecule has 2 bridgehead atoms. The van der Waals surface area contributed by atoms with Crippen LogP contribution in [-0.2, 0) is 16.0 Å². The van der Waals surface area contributed by atoms with Gasteiger partial charge in [-0.2, -0.15) is 0 Å². The Labute approximate surface area is 198 Å². The molecule has 6 rings (SSSR count). The zero-order chi connectivity index (χ0) is 24.4. The molecule has 3 atom stereocenters. The summed E-state index contributed by atoms with van der Waals surface area (Å²) in [5, 5.41) is 12.2. The number of anilines is 1. The standard InChI is InChI=1S/C25H19FN4O5/c26-15-7-5-14(6-8-15)11-22(31)27-13-16-12-21(27)23-24(32)29(25(33)28(16)23)19-9-10-20(30(34)35)18-4-2-1-3-17(18)19/h1-10,16,21,23H,11-13H2. The SMILES string of the molecule is O=C1C2C3CC(CN3C(=O)Cc3ccc(F)cc3)N2C(=O)N1c1ccc([N+](=O)[O-])c2ccccc12. The molecule has 35 heavy (non-hydrogen) atoms. The first kappa shape index (κ1) is 21.2. The van der Waals surface area contributed by atoms with E-state index in [1.54, 1.807) is 46.2 Å². The number of imide groups is 1. The number of nitro groups is 1. The van der Waals surface area contributed by atoms with Gasteiger partial charge in [-0.3, -0.25) is 19.7 Å². The van der Waals surface area contributed by atoms with E-state index >= 15 is 0 Å². The zero-order valence-electron chi connectivity index (χ0n) is 18.3. The molecule has 3 aromatic rings. The summed E-state index contributed by atoms with van der Waals surface area (Å²) in [7, 11) is 0. The van der Waals surface area contributed by atoms with Gasteiger partial charge in [-0.1, -0.05) is 30.3 Å². The maximum Gasteiger partial charge on any atom is 0.332 e. The maximum atomic E-state index is 13.6. The lowest BCUT2D eigenvalue weighted by Gasteiger charge is -2.35. The molecule has 0 N–H and O–H groups in total. The highest BCUT2D eigenvalue weighted by Crippen LogP contribution is 2.44. The number of rotatable bonds is 4. The van der Waals surface area contributed by atoms with Gasteiger partial charge >= 0.3 is 6.03 Å². The Bertz CT molecular complexity index is 1430. The molecule has 3 heterocycles. The highest BCUT2D eigenvalue weighted by Gasteiger charge is 2.62. The molecule has 3 aromatic carbocycles. The van der Waals surface area contributed by atoms with E-state index in [2.05, 4.69) is 0 Å².